The van der Waals surface area contributed by atoms with Gasteiger partial charge in [-0.25, -0.2) is 5.43 Å². The second-order valence-corrected chi connectivity index (χ2v) is 6.88. The van der Waals surface area contributed by atoms with Crippen molar-refractivity contribution in [1.82, 2.24) is 5.43 Å². The van der Waals surface area contributed by atoms with Crippen molar-refractivity contribution in [2.24, 2.45) is 5.10 Å². The van der Waals surface area contributed by atoms with Crippen LogP contribution in [0.4, 0.5) is 0 Å². The summed E-state index contributed by atoms with van der Waals surface area (Å²) in [7, 11) is 0. The summed E-state index contributed by atoms with van der Waals surface area (Å²) in [6, 6.07) is 10.2. The van der Waals surface area contributed by atoms with E-state index in [0.29, 0.717) is 19.9 Å². The van der Waals surface area contributed by atoms with Crippen LogP contribution in [0.25, 0.3) is 0 Å². The van der Waals surface area contributed by atoms with Gasteiger partial charge in [0.05, 0.1) is 9.78 Å². The predicted octanol–water partition coefficient (Wildman–Crippen LogP) is 3.94. The zero-order valence-electron chi connectivity index (χ0n) is 11.6. The van der Waals surface area contributed by atoms with Crippen LogP contribution in [0, 0.1) is 3.57 Å². The maximum Gasteiger partial charge on any atom is 0.277 e. The van der Waals surface area contributed by atoms with Crippen molar-refractivity contribution in [3.63, 3.8) is 0 Å². The number of carbonyl (C=O) groups is 1. The van der Waals surface area contributed by atoms with Crippen molar-refractivity contribution < 1.29 is 14.6 Å². The lowest BCUT2D eigenvalue weighted by Crippen LogP contribution is -2.24. The summed E-state index contributed by atoms with van der Waals surface area (Å²) < 4.78 is 6.76. The summed E-state index contributed by atoms with van der Waals surface area (Å²) in [6.45, 7) is -0.195. The first-order valence-electron chi connectivity index (χ1n) is 6.34. The van der Waals surface area contributed by atoms with Crippen molar-refractivity contribution in [3.05, 3.63) is 55.0 Å². The second-order valence-electron chi connectivity index (χ2n) is 4.36. The Bertz CT molecular complexity index is 755. The monoisotopic (exact) mass is 508 g/mol. The average Bonchev–Trinajstić information content (AvgIpc) is 2.50. The van der Waals surface area contributed by atoms with Gasteiger partial charge in [0, 0.05) is 15.1 Å². The molecule has 0 saturated carbocycles. The molecule has 5 nitrogen and oxygen atoms in total. The quantitative estimate of drug-likeness (QED) is 0.365. The summed E-state index contributed by atoms with van der Waals surface area (Å²) in [6.07, 6.45) is 1.36. The number of benzene rings is 2. The first-order chi connectivity index (χ1) is 11.0. The van der Waals surface area contributed by atoms with Crippen LogP contribution in [-0.4, -0.2) is 23.8 Å². The van der Waals surface area contributed by atoms with E-state index in [2.05, 4.69) is 26.5 Å². The van der Waals surface area contributed by atoms with Gasteiger partial charge in [0.25, 0.3) is 5.91 Å². The molecule has 8 heteroatoms. The zero-order chi connectivity index (χ0) is 16.8. The molecule has 2 N–H and O–H groups in total. The number of hydrogen-bond acceptors (Lipinski definition) is 4. The van der Waals surface area contributed by atoms with Gasteiger partial charge in [0.15, 0.2) is 6.61 Å². The number of hydrazone groups is 1. The fourth-order valence-electron chi connectivity index (χ4n) is 1.60. The van der Waals surface area contributed by atoms with E-state index < -0.39 is 5.91 Å². The standard InChI is InChI=1S/C15H11BrClIN2O3/c16-10-4-9(15(22)13(18)5-10)7-19-20-14(21)8-23-12-3-1-2-11(17)6-12/h1-7,22H,8H2,(H,20,21). The third kappa shape index (κ3) is 5.67. The molecular weight excluding hydrogens is 498 g/mol. The predicted molar refractivity (Wildman–Crippen MR) is 101 cm³/mol. The van der Waals surface area contributed by atoms with Gasteiger partial charge in [-0.05, 0) is 52.9 Å². The average molecular weight is 510 g/mol. The fraction of sp³-hybridized carbons (Fsp3) is 0.0667. The smallest absolute Gasteiger partial charge is 0.277 e. The lowest BCUT2D eigenvalue weighted by Gasteiger charge is -2.05. The Kier molecular flexibility index (Phi) is 6.67. The van der Waals surface area contributed by atoms with E-state index in [1.807, 2.05) is 22.6 Å². The molecule has 2 aromatic rings. The van der Waals surface area contributed by atoms with Crippen LogP contribution in [0.2, 0.25) is 5.02 Å². The van der Waals surface area contributed by atoms with E-state index >= 15 is 0 Å². The molecule has 2 aromatic carbocycles. The third-order valence-corrected chi connectivity index (χ3v) is 4.13. The van der Waals surface area contributed by atoms with Crippen molar-refractivity contribution in [2.75, 3.05) is 6.61 Å². The van der Waals surface area contributed by atoms with E-state index in [4.69, 9.17) is 16.3 Å². The van der Waals surface area contributed by atoms with Gasteiger partial charge >= 0.3 is 0 Å². The highest BCUT2D eigenvalue weighted by Gasteiger charge is 2.06. The van der Waals surface area contributed by atoms with Crippen molar-refractivity contribution in [2.45, 2.75) is 0 Å². The van der Waals surface area contributed by atoms with Gasteiger partial charge in [0.1, 0.15) is 11.5 Å². The molecule has 0 aliphatic carbocycles. The Morgan fingerprint density at radius 2 is 2.22 bits per heavy atom. The highest BCUT2D eigenvalue weighted by Crippen LogP contribution is 2.27. The molecule has 0 aliphatic rings. The Morgan fingerprint density at radius 1 is 1.43 bits per heavy atom. The van der Waals surface area contributed by atoms with E-state index in [-0.39, 0.29) is 12.4 Å². The van der Waals surface area contributed by atoms with E-state index in [0.717, 1.165) is 4.47 Å². The van der Waals surface area contributed by atoms with Crippen LogP contribution in [0.3, 0.4) is 0 Å². The molecule has 23 heavy (non-hydrogen) atoms. The molecule has 0 aromatic heterocycles. The molecule has 0 heterocycles. The van der Waals surface area contributed by atoms with Gasteiger partial charge in [-0.1, -0.05) is 33.6 Å². The maximum absolute atomic E-state index is 11.7. The minimum absolute atomic E-state index is 0.0991. The molecular formula is C15H11BrClIN2O3. The first kappa shape index (κ1) is 18.0. The Balaban J connectivity index is 1.89. The topological polar surface area (TPSA) is 70.9 Å². The van der Waals surface area contributed by atoms with Crippen molar-refractivity contribution in [1.29, 1.82) is 0 Å². The van der Waals surface area contributed by atoms with Crippen LogP contribution < -0.4 is 10.2 Å². The number of ether oxygens (including phenoxy) is 1. The number of hydrogen-bond donors (Lipinski definition) is 2. The van der Waals surface area contributed by atoms with Gasteiger partial charge in [0.2, 0.25) is 0 Å². The minimum atomic E-state index is -0.426. The molecule has 120 valence electrons. The van der Waals surface area contributed by atoms with Gasteiger partial charge in [-0.3, -0.25) is 4.79 Å². The fourth-order valence-corrected chi connectivity index (χ4v) is 3.33. The summed E-state index contributed by atoms with van der Waals surface area (Å²) in [5, 5.41) is 14.2. The Labute approximate surface area is 160 Å². The van der Waals surface area contributed by atoms with Crippen LogP contribution in [-0.2, 0) is 4.79 Å². The normalized spacial score (nSPS) is 10.7. The van der Waals surface area contributed by atoms with E-state index in [1.54, 1.807) is 36.4 Å². The number of phenols is 1. The summed E-state index contributed by atoms with van der Waals surface area (Å²) in [5.74, 6) is 0.170. The number of amides is 1. The summed E-state index contributed by atoms with van der Waals surface area (Å²) in [5.41, 5.74) is 2.81. The minimum Gasteiger partial charge on any atom is -0.506 e. The molecule has 1 amide bonds. The van der Waals surface area contributed by atoms with Gasteiger partial charge < -0.3 is 9.84 Å². The Hall–Kier alpha value is -1.32. The van der Waals surface area contributed by atoms with Crippen LogP contribution >= 0.6 is 50.1 Å². The number of rotatable bonds is 5. The lowest BCUT2D eigenvalue weighted by atomic mass is 10.2. The number of halogens is 3. The SMILES string of the molecule is O=C(COc1cccc(Cl)c1)NN=Cc1cc(Br)cc(I)c1O. The molecule has 0 bridgehead atoms. The lowest BCUT2D eigenvalue weighted by molar-refractivity contribution is -0.123. The van der Waals surface area contributed by atoms with Crippen LogP contribution in [0.1, 0.15) is 5.56 Å². The summed E-state index contributed by atoms with van der Waals surface area (Å²) in [4.78, 5) is 11.7. The van der Waals surface area contributed by atoms with Crippen LogP contribution in [0.5, 0.6) is 11.5 Å². The molecule has 0 spiro atoms. The number of nitrogens with zero attached hydrogens (tertiary/aromatic N) is 1. The maximum atomic E-state index is 11.7. The molecule has 0 atom stereocenters. The Morgan fingerprint density at radius 3 is 2.96 bits per heavy atom. The van der Waals surface area contributed by atoms with Gasteiger partial charge in [-0.15, -0.1) is 0 Å². The molecule has 0 fully saturated rings. The summed E-state index contributed by atoms with van der Waals surface area (Å²) >= 11 is 11.2. The van der Waals surface area contributed by atoms with E-state index in [1.165, 1.54) is 6.21 Å². The molecule has 0 aliphatic heterocycles. The highest BCUT2D eigenvalue weighted by molar-refractivity contribution is 14.1. The highest BCUT2D eigenvalue weighted by atomic mass is 127. The number of carbonyl (C=O) groups excluding carboxylic acids is 1. The van der Waals surface area contributed by atoms with E-state index in [9.17, 15) is 9.90 Å². The first-order valence-corrected chi connectivity index (χ1v) is 8.59. The zero-order valence-corrected chi connectivity index (χ0v) is 16.1. The molecule has 0 radical (unpaired) electrons. The molecule has 2 rings (SSSR count). The number of nitrogens with one attached hydrogen (secondary N) is 1. The van der Waals surface area contributed by atoms with Crippen LogP contribution in [0.15, 0.2) is 46.0 Å². The second kappa shape index (κ2) is 8.51. The number of aromatic hydroxyl groups is 1. The third-order valence-electron chi connectivity index (χ3n) is 2.62. The molecule has 0 saturated heterocycles. The molecule has 0 unspecified atom stereocenters. The van der Waals surface area contributed by atoms with Crippen molar-refractivity contribution in [3.8, 4) is 11.5 Å². The number of phenolic OH excluding ortho intramolecular Hbond substituents is 1. The van der Waals surface area contributed by atoms with Gasteiger partial charge in [-0.2, -0.15) is 5.10 Å². The largest absolute Gasteiger partial charge is 0.506 e. The van der Waals surface area contributed by atoms with Crippen molar-refractivity contribution >= 4 is 62.2 Å².